The van der Waals surface area contributed by atoms with Crippen molar-refractivity contribution in [3.8, 4) is 0 Å². The summed E-state index contributed by atoms with van der Waals surface area (Å²) >= 11 is 0. The fourth-order valence-corrected chi connectivity index (χ4v) is 0.746. The Balaban J connectivity index is 2.94. The van der Waals surface area contributed by atoms with E-state index < -0.39 is 0 Å². The van der Waals surface area contributed by atoms with Crippen LogP contribution < -0.4 is 5.73 Å². The molecule has 1 aromatic rings. The summed E-state index contributed by atoms with van der Waals surface area (Å²) in [7, 11) is 0. The van der Waals surface area contributed by atoms with Gasteiger partial charge in [-0.25, -0.2) is 0 Å². The number of benzene rings is 1. The summed E-state index contributed by atoms with van der Waals surface area (Å²) in [6.07, 6.45) is 1.03. The van der Waals surface area contributed by atoms with Crippen molar-refractivity contribution >= 4 is 5.69 Å². The number of anilines is 1. The van der Waals surface area contributed by atoms with Gasteiger partial charge in [0.05, 0.1) is 0 Å². The predicted octanol–water partition coefficient (Wildman–Crippen LogP) is 1.63. The summed E-state index contributed by atoms with van der Waals surface area (Å²) in [6.45, 7) is 2.10. The van der Waals surface area contributed by atoms with Gasteiger partial charge in [0.15, 0.2) is 0 Å². The van der Waals surface area contributed by atoms with Crippen LogP contribution in [0.4, 0.5) is 5.69 Å². The number of hydrogen-bond donors (Lipinski definition) is 1. The van der Waals surface area contributed by atoms with Crippen LogP contribution in [0.1, 0.15) is 12.5 Å². The number of hydrogen-bond acceptors (Lipinski definition) is 1. The van der Waals surface area contributed by atoms with Crippen LogP contribution in [0.5, 0.6) is 0 Å². The molecule has 0 atom stereocenters. The van der Waals surface area contributed by atoms with Gasteiger partial charge in [-0.05, 0) is 30.2 Å². The van der Waals surface area contributed by atoms with Gasteiger partial charge in [0.1, 0.15) is 0 Å². The van der Waals surface area contributed by atoms with E-state index in [1.54, 1.807) is 6.07 Å². The molecule has 0 saturated heterocycles. The summed E-state index contributed by atoms with van der Waals surface area (Å²) in [6, 6.07) is 8.66. The van der Waals surface area contributed by atoms with E-state index in [0.29, 0.717) is 0 Å². The van der Waals surface area contributed by atoms with E-state index in [1.165, 1.54) is 5.56 Å². The monoisotopic (exact) mass is 120 g/mol. The Labute approximate surface area is 55.5 Å². The molecule has 47 valence electrons. The molecule has 9 heavy (non-hydrogen) atoms. The molecule has 1 aromatic carbocycles. The Morgan fingerprint density at radius 3 is 2.78 bits per heavy atom. The summed E-state index contributed by atoms with van der Waals surface area (Å²) in [4.78, 5) is 0. The van der Waals surface area contributed by atoms with Gasteiger partial charge in [0.2, 0.25) is 0 Å². The average Bonchev–Trinajstić information content (AvgIpc) is 1.88. The lowest BCUT2D eigenvalue weighted by molar-refractivity contribution is 1.14. The summed E-state index contributed by atoms with van der Waals surface area (Å²) in [5, 5.41) is 0. The largest absolute Gasteiger partial charge is 0.399 e. The van der Waals surface area contributed by atoms with Gasteiger partial charge in [-0.1, -0.05) is 13.0 Å². The van der Waals surface area contributed by atoms with Crippen LogP contribution in [-0.4, -0.2) is 0 Å². The summed E-state index contributed by atoms with van der Waals surface area (Å²) < 4.78 is 0. The Bertz CT molecular complexity index is 194. The van der Waals surface area contributed by atoms with Crippen molar-refractivity contribution in [2.45, 2.75) is 13.3 Å². The lowest BCUT2D eigenvalue weighted by Crippen LogP contribution is -1.85. The van der Waals surface area contributed by atoms with Gasteiger partial charge in [0, 0.05) is 5.69 Å². The second-order valence-corrected chi connectivity index (χ2v) is 2.03. The maximum Gasteiger partial charge on any atom is 0.0322 e. The van der Waals surface area contributed by atoms with Crippen molar-refractivity contribution in [1.82, 2.24) is 0 Å². The molecular weight excluding hydrogens is 110 g/mol. The fourth-order valence-electron chi connectivity index (χ4n) is 0.746. The molecule has 0 unspecified atom stereocenters. The van der Waals surface area contributed by atoms with E-state index in [2.05, 4.69) is 13.0 Å². The van der Waals surface area contributed by atoms with Crippen LogP contribution in [0.25, 0.3) is 0 Å². The van der Waals surface area contributed by atoms with Crippen LogP contribution >= 0.6 is 0 Å². The second kappa shape index (κ2) is 2.53. The Hall–Kier alpha value is -0.980. The van der Waals surface area contributed by atoms with E-state index in [1.807, 2.05) is 12.1 Å². The zero-order chi connectivity index (χ0) is 6.69. The number of nitrogens with two attached hydrogens (primary N) is 1. The highest BCUT2D eigenvalue weighted by Gasteiger charge is 1.86. The summed E-state index contributed by atoms with van der Waals surface area (Å²) in [5.41, 5.74) is 7.55. The van der Waals surface area contributed by atoms with E-state index in [-0.39, 0.29) is 0 Å². The molecule has 1 heteroatoms. The minimum Gasteiger partial charge on any atom is -0.399 e. The standard InChI is InChI=1S/C8H10N/c1-2-7-4-3-5-8(9)6-7/h4-6H,2,9H2,1H3. The average molecular weight is 120 g/mol. The van der Waals surface area contributed by atoms with Gasteiger partial charge < -0.3 is 5.73 Å². The molecule has 2 N–H and O–H groups in total. The van der Waals surface area contributed by atoms with Gasteiger partial charge >= 0.3 is 0 Å². The first-order chi connectivity index (χ1) is 4.33. The van der Waals surface area contributed by atoms with Crippen LogP contribution in [0.3, 0.4) is 0 Å². The molecule has 0 aliphatic rings. The van der Waals surface area contributed by atoms with Crippen molar-refractivity contribution in [2.75, 3.05) is 5.73 Å². The highest BCUT2D eigenvalue weighted by molar-refractivity contribution is 5.39. The van der Waals surface area contributed by atoms with E-state index >= 15 is 0 Å². The molecule has 0 heterocycles. The Morgan fingerprint density at radius 2 is 2.33 bits per heavy atom. The smallest absolute Gasteiger partial charge is 0.0322 e. The van der Waals surface area contributed by atoms with Crippen molar-refractivity contribution in [1.29, 1.82) is 0 Å². The normalized spacial score (nSPS) is 9.44. The SMILES string of the molecule is CCc1c[c]cc(N)c1. The second-order valence-electron chi connectivity index (χ2n) is 2.03. The molecule has 0 fully saturated rings. The Kier molecular flexibility index (Phi) is 1.73. The van der Waals surface area contributed by atoms with Crippen molar-refractivity contribution < 1.29 is 0 Å². The predicted molar refractivity (Wildman–Crippen MR) is 39.1 cm³/mol. The van der Waals surface area contributed by atoms with Gasteiger partial charge in [-0.3, -0.25) is 0 Å². The maximum absolute atomic E-state index is 5.50. The first-order valence-electron chi connectivity index (χ1n) is 3.08. The molecule has 0 saturated carbocycles. The van der Waals surface area contributed by atoms with Crippen molar-refractivity contribution in [2.24, 2.45) is 0 Å². The highest BCUT2D eigenvalue weighted by atomic mass is 14.5. The van der Waals surface area contributed by atoms with Gasteiger partial charge in [-0.15, -0.1) is 0 Å². The van der Waals surface area contributed by atoms with Crippen LogP contribution in [0.15, 0.2) is 18.2 Å². The molecule has 1 rings (SSSR count). The lowest BCUT2D eigenvalue weighted by atomic mass is 10.1. The zero-order valence-corrected chi connectivity index (χ0v) is 5.52. The van der Waals surface area contributed by atoms with Crippen molar-refractivity contribution in [3.05, 3.63) is 29.8 Å². The minimum atomic E-state index is 0.800. The molecule has 0 aromatic heterocycles. The molecule has 0 aliphatic carbocycles. The molecule has 0 bridgehead atoms. The maximum atomic E-state index is 5.50. The molecule has 1 radical (unpaired) electrons. The molecule has 0 amide bonds. The third kappa shape index (κ3) is 1.46. The third-order valence-electron chi connectivity index (χ3n) is 1.28. The topological polar surface area (TPSA) is 26.0 Å². The molecule has 0 aliphatic heterocycles. The zero-order valence-electron chi connectivity index (χ0n) is 5.52. The molecular formula is C8H10N. The van der Waals surface area contributed by atoms with Crippen LogP contribution in [0.2, 0.25) is 0 Å². The van der Waals surface area contributed by atoms with Gasteiger partial charge in [-0.2, -0.15) is 0 Å². The number of aryl methyl sites for hydroxylation is 1. The van der Waals surface area contributed by atoms with E-state index in [4.69, 9.17) is 5.73 Å². The number of rotatable bonds is 1. The quantitative estimate of drug-likeness (QED) is 0.560. The van der Waals surface area contributed by atoms with Crippen LogP contribution in [-0.2, 0) is 6.42 Å². The third-order valence-corrected chi connectivity index (χ3v) is 1.28. The fraction of sp³-hybridized carbons (Fsp3) is 0.250. The first kappa shape index (κ1) is 6.14. The van der Waals surface area contributed by atoms with Crippen molar-refractivity contribution in [3.63, 3.8) is 0 Å². The lowest BCUT2D eigenvalue weighted by Gasteiger charge is -1.94. The summed E-state index contributed by atoms with van der Waals surface area (Å²) in [5.74, 6) is 0. The first-order valence-corrected chi connectivity index (χ1v) is 3.08. The van der Waals surface area contributed by atoms with Crippen LogP contribution in [0, 0.1) is 6.07 Å². The van der Waals surface area contributed by atoms with Gasteiger partial charge in [0.25, 0.3) is 0 Å². The number of nitrogen functional groups attached to an aromatic ring is 1. The Morgan fingerprint density at radius 1 is 1.56 bits per heavy atom. The van der Waals surface area contributed by atoms with E-state index in [9.17, 15) is 0 Å². The van der Waals surface area contributed by atoms with E-state index in [0.717, 1.165) is 12.1 Å². The highest BCUT2D eigenvalue weighted by Crippen LogP contribution is 2.05. The molecule has 1 nitrogen and oxygen atoms in total. The minimum absolute atomic E-state index is 0.800. The molecule has 0 spiro atoms.